The first-order valence-electron chi connectivity index (χ1n) is 37.8. The number of para-hydroxylation sites is 1. The highest BCUT2D eigenvalue weighted by Crippen LogP contribution is 2.70. The van der Waals surface area contributed by atoms with Crippen molar-refractivity contribution in [2.24, 2.45) is 16.7 Å². The van der Waals surface area contributed by atoms with E-state index in [1.165, 1.54) is 32.1 Å². The summed E-state index contributed by atoms with van der Waals surface area (Å²) in [4.78, 5) is 84.2. The Balaban J connectivity index is 0.000000189. The van der Waals surface area contributed by atoms with Crippen molar-refractivity contribution in [1.82, 2.24) is 30.3 Å². The summed E-state index contributed by atoms with van der Waals surface area (Å²) in [5.74, 6) is -0.395. The Morgan fingerprint density at radius 3 is 1.69 bits per heavy atom. The van der Waals surface area contributed by atoms with Gasteiger partial charge in [-0.2, -0.15) is 0 Å². The Morgan fingerprint density at radius 2 is 1.16 bits per heavy atom. The van der Waals surface area contributed by atoms with Crippen molar-refractivity contribution in [1.29, 1.82) is 0 Å². The molecule has 20 nitrogen and oxygen atoms in total. The maximum absolute atomic E-state index is 15.5. The molecule has 3 unspecified atom stereocenters. The highest BCUT2D eigenvalue weighted by Gasteiger charge is 2.80. The lowest BCUT2D eigenvalue weighted by molar-refractivity contribution is -0.217. The molecule has 5 aromatic carbocycles. The lowest BCUT2D eigenvalue weighted by Crippen LogP contribution is -2.81. The van der Waals surface area contributed by atoms with Crippen LogP contribution in [0.1, 0.15) is 112 Å². The molecule has 2 bridgehead atoms. The summed E-state index contributed by atoms with van der Waals surface area (Å²) in [6.45, 7) is 14.7. The average Bonchev–Trinajstić information content (AvgIpc) is 1.51. The van der Waals surface area contributed by atoms with Gasteiger partial charge >= 0.3 is 17.9 Å². The average molecular weight is 1430 g/mol. The van der Waals surface area contributed by atoms with Gasteiger partial charge in [0.05, 0.1) is 59.3 Å². The van der Waals surface area contributed by atoms with E-state index < -0.39 is 74.5 Å². The number of H-pyrrole nitrogens is 1. The van der Waals surface area contributed by atoms with Crippen LogP contribution in [0.2, 0.25) is 0 Å². The van der Waals surface area contributed by atoms with Gasteiger partial charge in [0.2, 0.25) is 11.8 Å². The molecule has 8 aliphatic heterocycles. The normalized spacial score (nSPS) is 32.7. The minimum Gasteiger partial charge on any atom is -0.497 e. The Hall–Kier alpha value is -8.79. The van der Waals surface area contributed by atoms with Crippen molar-refractivity contribution in [2.45, 2.75) is 156 Å². The zero-order chi connectivity index (χ0) is 73.8. The predicted octanol–water partition coefficient (Wildman–Crippen LogP) is 8.81. The summed E-state index contributed by atoms with van der Waals surface area (Å²) >= 11 is 0. The van der Waals surface area contributed by atoms with E-state index in [1.807, 2.05) is 93.0 Å². The number of amides is 2. The highest BCUT2D eigenvalue weighted by atomic mass is 16.6. The largest absolute Gasteiger partial charge is 0.497 e. The van der Waals surface area contributed by atoms with Gasteiger partial charge in [-0.1, -0.05) is 142 Å². The standard InChI is InChI=1S/C53H63N5O7.C32H39N3O5/c1-7-34-25-36-29-52(49(61)64-6,45-38(19-23-57(30-34)31-36)37-17-12-13-18-41(37)55-45)40-27-39-42(28-43(40)63-5)56(4)47-51(39)21-24-58-22-14-20-50(8-2,46(51)58)48(65-33(3)59)53(47,62)32-54-44(60)26-35-15-10-9-11-16-35;1-5-30-14-9-16-35-17-15-31(27(30)35)24-13-12-23(39-4)19-25(24)34(3)28(31)32(38,29(30)40-21(2)36)20-33-26(37)18-22-10-7-6-8-11-22/h9-18,20,25,27-28,36,46-48,55,62H,7-8,19,21-24,26,29-32H2,1-6H3,(H,54,60);6-14,19,27-29,38H,5,15-18,20H2,1-4H3,(H,33,37)/t36-,46?,47+,48+,50+,51+,52-,53-;27?,28-,29-,30-,31-,32+/m01/s1. The van der Waals surface area contributed by atoms with E-state index in [0.29, 0.717) is 38.0 Å². The highest BCUT2D eigenvalue weighted by molar-refractivity contribution is 5.95. The third-order valence-electron chi connectivity index (χ3n) is 26.4. The number of likely N-dealkylation sites (N-methyl/N-ethyl adjacent to an activating group) is 2. The second-order valence-corrected chi connectivity index (χ2v) is 31.5. The number of hydrogen-bond acceptors (Lipinski definition) is 17. The molecular weight excluding hydrogens is 1320 g/mol. The minimum absolute atomic E-state index is 0.0155. The molecule has 2 spiro atoms. The van der Waals surface area contributed by atoms with Crippen LogP contribution in [0.25, 0.3) is 10.9 Å². The number of anilines is 2. The quantitative estimate of drug-likeness (QED) is 0.0326. The molecule has 16 rings (SSSR count). The van der Waals surface area contributed by atoms with E-state index >= 15 is 4.79 Å². The number of fused-ring (bicyclic) bond motifs is 7. The van der Waals surface area contributed by atoms with Crippen molar-refractivity contribution >= 4 is 52.0 Å². The summed E-state index contributed by atoms with van der Waals surface area (Å²) in [6.07, 6.45) is 14.4. The molecule has 2 aliphatic carbocycles. The van der Waals surface area contributed by atoms with Gasteiger partial charge in [0, 0.05) is 140 Å². The zero-order valence-corrected chi connectivity index (χ0v) is 62.3. The summed E-state index contributed by atoms with van der Waals surface area (Å²) in [6, 6.07) is 36.6. The summed E-state index contributed by atoms with van der Waals surface area (Å²) < 4.78 is 30.7. The zero-order valence-electron chi connectivity index (χ0n) is 62.3. The smallest absolute Gasteiger partial charge is 0.322 e. The molecule has 554 valence electrons. The Bertz CT molecular complexity index is 4480. The molecule has 4 fully saturated rings. The monoisotopic (exact) mass is 1430 g/mol. The molecule has 10 aliphatic rings. The fourth-order valence-corrected chi connectivity index (χ4v) is 22.8. The number of ether oxygens (including phenoxy) is 5. The molecule has 15 atom stereocenters. The number of benzene rings is 5. The number of rotatable bonds is 17. The van der Waals surface area contributed by atoms with Gasteiger partial charge in [0.1, 0.15) is 40.3 Å². The van der Waals surface area contributed by atoms with Gasteiger partial charge in [-0.25, -0.2) is 0 Å². The fraction of sp³-hybridized carbons (Fsp3) is 0.494. The van der Waals surface area contributed by atoms with Gasteiger partial charge in [-0.05, 0) is 110 Å². The number of methoxy groups -OCH3 is 3. The van der Waals surface area contributed by atoms with Crippen LogP contribution in [-0.2, 0) is 73.7 Å². The molecule has 2 saturated carbocycles. The summed E-state index contributed by atoms with van der Waals surface area (Å²) in [5.41, 5.74) is 3.44. The first-order valence-corrected chi connectivity index (χ1v) is 37.8. The second kappa shape index (κ2) is 27.2. The number of nitrogens with zero attached hydrogens (tertiary/aromatic N) is 5. The molecule has 2 amide bonds. The van der Waals surface area contributed by atoms with E-state index in [2.05, 4.69) is 128 Å². The molecule has 9 heterocycles. The molecule has 105 heavy (non-hydrogen) atoms. The van der Waals surface area contributed by atoms with Crippen LogP contribution in [0, 0.1) is 16.7 Å². The topological polar surface area (TPSA) is 228 Å². The van der Waals surface area contributed by atoms with Gasteiger partial charge in [-0.3, -0.25) is 38.7 Å². The minimum atomic E-state index is -1.78. The number of carbonyl (C=O) groups excluding carboxylic acids is 5. The molecule has 6 aromatic rings. The number of hydrogen-bond donors (Lipinski definition) is 5. The Labute approximate surface area is 616 Å². The summed E-state index contributed by atoms with van der Waals surface area (Å²) in [5, 5.41) is 34.3. The van der Waals surface area contributed by atoms with Crippen molar-refractivity contribution in [3.05, 3.63) is 190 Å². The fourth-order valence-electron chi connectivity index (χ4n) is 22.8. The lowest BCUT2D eigenvalue weighted by atomic mass is 9.47. The first kappa shape index (κ1) is 71.8. The number of carbonyl (C=O) groups is 5. The number of esters is 3. The predicted molar refractivity (Wildman–Crippen MR) is 402 cm³/mol. The number of aromatic amines is 1. The van der Waals surface area contributed by atoms with Gasteiger partial charge in [-0.15, -0.1) is 0 Å². The Morgan fingerprint density at radius 1 is 0.619 bits per heavy atom. The van der Waals surface area contributed by atoms with Crippen LogP contribution in [0.5, 0.6) is 11.5 Å². The molecule has 0 radical (unpaired) electrons. The van der Waals surface area contributed by atoms with Crippen molar-refractivity contribution in [3.8, 4) is 11.5 Å². The summed E-state index contributed by atoms with van der Waals surface area (Å²) in [7, 11) is 8.81. The van der Waals surface area contributed by atoms with Crippen molar-refractivity contribution < 1.29 is 57.9 Å². The van der Waals surface area contributed by atoms with E-state index in [-0.39, 0.29) is 61.7 Å². The third-order valence-corrected chi connectivity index (χ3v) is 26.4. The number of nitrogens with one attached hydrogen (secondary N) is 3. The van der Waals surface area contributed by atoms with E-state index in [4.69, 9.17) is 23.7 Å². The maximum atomic E-state index is 15.5. The van der Waals surface area contributed by atoms with Gasteiger partial charge < -0.3 is 59.3 Å². The van der Waals surface area contributed by atoms with Crippen LogP contribution in [-0.4, -0.2) is 202 Å². The van der Waals surface area contributed by atoms with Crippen LogP contribution in [0.15, 0.2) is 151 Å². The van der Waals surface area contributed by atoms with E-state index in [1.54, 1.807) is 14.2 Å². The van der Waals surface area contributed by atoms with Crippen LogP contribution >= 0.6 is 0 Å². The lowest BCUT2D eigenvalue weighted by Gasteiger charge is -2.64. The van der Waals surface area contributed by atoms with Crippen LogP contribution in [0.3, 0.4) is 0 Å². The SMILES string of the molecule is CCC1=C[C@@H]2CN(CCc3c([nH]c4ccccc34)[C@@](C(=O)OC)(c3cc4c(cc3OC)N(C)[C@H]3[C@@](O)(CNC(=O)Cc5ccccc5)[C@H](OC(C)=O)[C@]5(CC)C=CCN6CC[C@]43C65)C2)C1.CC[C@]12C=CCN3CC[C@@]4(c5ccc(OC)cc5N(C)[C@H]4[C@@](O)(CNC(=O)Cc4ccccc4)[C@@H]1OC(C)=O)C32. The number of aromatic nitrogens is 1. The molecular formula is C85H102N8O12. The van der Waals surface area contributed by atoms with Gasteiger partial charge in [0.15, 0.2) is 0 Å². The van der Waals surface area contributed by atoms with Crippen LogP contribution in [0.4, 0.5) is 11.4 Å². The van der Waals surface area contributed by atoms with Crippen molar-refractivity contribution in [2.75, 3.05) is 104 Å². The third kappa shape index (κ3) is 10.9. The van der Waals surface area contributed by atoms with Gasteiger partial charge in [0.25, 0.3) is 0 Å². The second-order valence-electron chi connectivity index (χ2n) is 31.5. The maximum Gasteiger partial charge on any atom is 0.322 e. The molecule has 5 N–H and O–H groups in total. The van der Waals surface area contributed by atoms with E-state index in [0.717, 1.165) is 120 Å². The molecule has 2 saturated heterocycles. The van der Waals surface area contributed by atoms with E-state index in [9.17, 15) is 29.4 Å². The van der Waals surface area contributed by atoms with Crippen molar-refractivity contribution in [3.63, 3.8) is 0 Å². The first-order chi connectivity index (χ1) is 50.6. The molecule has 1 aromatic heterocycles. The molecule has 20 heteroatoms. The van der Waals surface area contributed by atoms with Crippen LogP contribution < -0.4 is 29.9 Å². The number of aliphatic hydroxyl groups is 2. The Kier molecular flexibility index (Phi) is 18.6.